The van der Waals surface area contributed by atoms with Crippen LogP contribution in [0.1, 0.15) is 39.4 Å². The summed E-state index contributed by atoms with van der Waals surface area (Å²) in [6.07, 6.45) is 7.33. The van der Waals surface area contributed by atoms with E-state index in [4.69, 9.17) is 4.98 Å². The van der Waals surface area contributed by atoms with Crippen molar-refractivity contribution in [2.24, 2.45) is 5.92 Å². The standard InChI is InChI=1S/C16H24N4/c1-16(2,3)20-14-6-9-18-11-13(14)19-15(20)10-12-4-7-17-8-5-12/h6,9,11-12,17H,4-5,7-8,10H2,1-3H3. The Bertz CT molecular complexity index is 588. The Morgan fingerprint density at radius 2 is 2.05 bits per heavy atom. The zero-order valence-corrected chi connectivity index (χ0v) is 12.7. The lowest BCUT2D eigenvalue weighted by Crippen LogP contribution is -2.30. The van der Waals surface area contributed by atoms with E-state index in [1.54, 1.807) is 0 Å². The molecule has 3 rings (SSSR count). The molecule has 0 bridgehead atoms. The Kier molecular flexibility index (Phi) is 3.50. The molecule has 1 saturated heterocycles. The van der Waals surface area contributed by atoms with E-state index in [0.29, 0.717) is 0 Å². The Labute approximate surface area is 120 Å². The van der Waals surface area contributed by atoms with E-state index in [1.807, 2.05) is 12.4 Å². The van der Waals surface area contributed by atoms with Crippen molar-refractivity contribution in [3.63, 3.8) is 0 Å². The van der Waals surface area contributed by atoms with Gasteiger partial charge in [0.05, 0.1) is 11.7 Å². The van der Waals surface area contributed by atoms with Gasteiger partial charge >= 0.3 is 0 Å². The molecule has 108 valence electrons. The molecular weight excluding hydrogens is 248 g/mol. The van der Waals surface area contributed by atoms with Crippen molar-refractivity contribution < 1.29 is 0 Å². The highest BCUT2D eigenvalue weighted by Gasteiger charge is 2.24. The van der Waals surface area contributed by atoms with Gasteiger partial charge in [-0.1, -0.05) is 0 Å². The third kappa shape index (κ3) is 2.57. The molecule has 0 amide bonds. The Morgan fingerprint density at radius 3 is 2.75 bits per heavy atom. The molecular formula is C16H24N4. The molecule has 0 unspecified atom stereocenters. The van der Waals surface area contributed by atoms with Gasteiger partial charge < -0.3 is 9.88 Å². The summed E-state index contributed by atoms with van der Waals surface area (Å²) in [4.78, 5) is 9.06. The largest absolute Gasteiger partial charge is 0.322 e. The minimum Gasteiger partial charge on any atom is -0.322 e. The van der Waals surface area contributed by atoms with Crippen LogP contribution in [0.5, 0.6) is 0 Å². The van der Waals surface area contributed by atoms with Crippen molar-refractivity contribution in [3.05, 3.63) is 24.3 Å². The average molecular weight is 272 g/mol. The van der Waals surface area contributed by atoms with Crippen molar-refractivity contribution in [1.82, 2.24) is 19.9 Å². The summed E-state index contributed by atoms with van der Waals surface area (Å²) in [5.41, 5.74) is 2.28. The summed E-state index contributed by atoms with van der Waals surface area (Å²) in [6, 6.07) is 2.08. The quantitative estimate of drug-likeness (QED) is 0.914. The van der Waals surface area contributed by atoms with E-state index >= 15 is 0 Å². The fourth-order valence-electron chi connectivity index (χ4n) is 3.21. The number of rotatable bonds is 2. The smallest absolute Gasteiger partial charge is 0.110 e. The molecule has 20 heavy (non-hydrogen) atoms. The molecule has 0 aromatic carbocycles. The first-order chi connectivity index (χ1) is 9.55. The molecule has 1 aliphatic heterocycles. The second-order valence-electron chi connectivity index (χ2n) is 6.80. The van der Waals surface area contributed by atoms with Gasteiger partial charge in [-0.25, -0.2) is 4.98 Å². The highest BCUT2D eigenvalue weighted by molar-refractivity contribution is 5.75. The average Bonchev–Trinajstić information content (AvgIpc) is 2.77. The molecule has 0 aliphatic carbocycles. The van der Waals surface area contributed by atoms with E-state index in [9.17, 15) is 0 Å². The molecule has 4 heteroatoms. The van der Waals surface area contributed by atoms with Crippen LogP contribution in [0.25, 0.3) is 11.0 Å². The van der Waals surface area contributed by atoms with Crippen LogP contribution < -0.4 is 5.32 Å². The van der Waals surface area contributed by atoms with Crippen LogP contribution in [0.3, 0.4) is 0 Å². The Morgan fingerprint density at radius 1 is 1.30 bits per heavy atom. The minimum absolute atomic E-state index is 0.0539. The number of nitrogens with zero attached hydrogens (tertiary/aromatic N) is 3. The van der Waals surface area contributed by atoms with Gasteiger partial charge in [-0.3, -0.25) is 4.98 Å². The van der Waals surface area contributed by atoms with E-state index in [2.05, 4.69) is 41.7 Å². The number of imidazole rings is 1. The second-order valence-corrected chi connectivity index (χ2v) is 6.80. The van der Waals surface area contributed by atoms with Crippen LogP contribution in [-0.2, 0) is 12.0 Å². The van der Waals surface area contributed by atoms with Crippen molar-refractivity contribution in [1.29, 1.82) is 0 Å². The highest BCUT2D eigenvalue weighted by Crippen LogP contribution is 2.27. The van der Waals surface area contributed by atoms with Gasteiger partial charge in [-0.05, 0) is 58.7 Å². The summed E-state index contributed by atoms with van der Waals surface area (Å²) in [5, 5.41) is 3.43. The van der Waals surface area contributed by atoms with E-state index in [-0.39, 0.29) is 5.54 Å². The van der Waals surface area contributed by atoms with Crippen LogP contribution in [-0.4, -0.2) is 27.6 Å². The van der Waals surface area contributed by atoms with Gasteiger partial charge in [-0.15, -0.1) is 0 Å². The third-order valence-corrected chi connectivity index (χ3v) is 4.13. The molecule has 0 radical (unpaired) electrons. The van der Waals surface area contributed by atoms with Crippen molar-refractivity contribution in [2.45, 2.75) is 45.6 Å². The molecule has 2 aromatic heterocycles. The van der Waals surface area contributed by atoms with Gasteiger partial charge in [-0.2, -0.15) is 0 Å². The zero-order valence-electron chi connectivity index (χ0n) is 12.7. The maximum atomic E-state index is 4.85. The van der Waals surface area contributed by atoms with Crippen LogP contribution in [0, 0.1) is 5.92 Å². The fourth-order valence-corrected chi connectivity index (χ4v) is 3.21. The molecule has 2 aromatic rings. The van der Waals surface area contributed by atoms with E-state index < -0.39 is 0 Å². The second kappa shape index (κ2) is 5.17. The lowest BCUT2D eigenvalue weighted by Gasteiger charge is -2.27. The number of piperidine rings is 1. The van der Waals surface area contributed by atoms with Crippen LogP contribution in [0.4, 0.5) is 0 Å². The number of fused-ring (bicyclic) bond motifs is 1. The minimum atomic E-state index is 0.0539. The number of nitrogens with one attached hydrogen (secondary N) is 1. The van der Waals surface area contributed by atoms with Crippen LogP contribution >= 0.6 is 0 Å². The third-order valence-electron chi connectivity index (χ3n) is 4.13. The fraction of sp³-hybridized carbons (Fsp3) is 0.625. The number of aromatic nitrogens is 3. The zero-order chi connectivity index (χ0) is 14.2. The topological polar surface area (TPSA) is 42.7 Å². The normalized spacial score (nSPS) is 17.8. The van der Waals surface area contributed by atoms with Gasteiger partial charge in [0.2, 0.25) is 0 Å². The maximum Gasteiger partial charge on any atom is 0.110 e. The molecule has 0 spiro atoms. The van der Waals surface area contributed by atoms with Gasteiger partial charge in [0.1, 0.15) is 11.3 Å². The van der Waals surface area contributed by atoms with Crippen molar-refractivity contribution in [3.8, 4) is 0 Å². The van der Waals surface area contributed by atoms with Gasteiger partial charge in [0.15, 0.2) is 0 Å². The Balaban J connectivity index is 2.00. The molecule has 1 N–H and O–H groups in total. The van der Waals surface area contributed by atoms with Crippen molar-refractivity contribution >= 4 is 11.0 Å². The molecule has 1 fully saturated rings. The van der Waals surface area contributed by atoms with E-state index in [1.165, 1.54) is 24.2 Å². The van der Waals surface area contributed by atoms with Gasteiger partial charge in [0.25, 0.3) is 0 Å². The Hall–Kier alpha value is -1.42. The first kappa shape index (κ1) is 13.6. The summed E-state index contributed by atoms with van der Waals surface area (Å²) in [7, 11) is 0. The lowest BCUT2D eigenvalue weighted by atomic mass is 9.94. The summed E-state index contributed by atoms with van der Waals surface area (Å²) >= 11 is 0. The predicted octanol–water partition coefficient (Wildman–Crippen LogP) is 2.73. The molecule has 4 nitrogen and oxygen atoms in total. The first-order valence-electron chi connectivity index (χ1n) is 7.58. The number of hydrogen-bond donors (Lipinski definition) is 1. The number of hydrogen-bond acceptors (Lipinski definition) is 3. The summed E-state index contributed by atoms with van der Waals surface area (Å²) in [6.45, 7) is 9.03. The maximum absolute atomic E-state index is 4.85. The predicted molar refractivity (Wildman–Crippen MR) is 81.8 cm³/mol. The van der Waals surface area contributed by atoms with Gasteiger partial charge in [0, 0.05) is 18.2 Å². The molecule has 0 atom stereocenters. The van der Waals surface area contributed by atoms with Crippen molar-refractivity contribution in [2.75, 3.05) is 13.1 Å². The molecule has 0 saturated carbocycles. The summed E-state index contributed by atoms with van der Waals surface area (Å²) < 4.78 is 2.39. The highest BCUT2D eigenvalue weighted by atomic mass is 15.1. The van der Waals surface area contributed by atoms with Crippen LogP contribution in [0.15, 0.2) is 18.5 Å². The summed E-state index contributed by atoms with van der Waals surface area (Å²) in [5.74, 6) is 1.97. The van der Waals surface area contributed by atoms with E-state index in [0.717, 1.165) is 30.9 Å². The molecule has 3 heterocycles. The number of pyridine rings is 1. The SMILES string of the molecule is CC(C)(C)n1c(CC2CCNCC2)nc2cnccc21. The molecule has 1 aliphatic rings. The first-order valence-corrected chi connectivity index (χ1v) is 7.58. The lowest BCUT2D eigenvalue weighted by molar-refractivity contribution is 0.341. The monoisotopic (exact) mass is 272 g/mol. The van der Waals surface area contributed by atoms with Crippen LogP contribution in [0.2, 0.25) is 0 Å².